The van der Waals surface area contributed by atoms with Gasteiger partial charge in [0, 0.05) is 11.6 Å². The molecule has 0 radical (unpaired) electrons. The van der Waals surface area contributed by atoms with Crippen LogP contribution in [-0.2, 0) is 9.59 Å². The van der Waals surface area contributed by atoms with E-state index in [-0.39, 0.29) is 17.2 Å². The van der Waals surface area contributed by atoms with E-state index in [4.69, 9.17) is 14.0 Å². The van der Waals surface area contributed by atoms with Crippen LogP contribution in [-0.4, -0.2) is 35.7 Å². The summed E-state index contributed by atoms with van der Waals surface area (Å²) in [6, 6.07) is 12.6. The normalized spacial score (nSPS) is 17.1. The number of rotatable bonds is 7. The number of carbonyl (C=O) groups excluding carboxylic acids is 2. The molecular formula is C26H24N2O6. The molecule has 1 N–H and O–H groups in total. The number of carbonyl (C=O) groups is 2. The summed E-state index contributed by atoms with van der Waals surface area (Å²) in [4.78, 5) is 27.5. The van der Waals surface area contributed by atoms with Crippen molar-refractivity contribution in [3.05, 3.63) is 89.2 Å². The van der Waals surface area contributed by atoms with Crippen LogP contribution in [0.1, 0.15) is 28.5 Å². The zero-order valence-corrected chi connectivity index (χ0v) is 19.1. The number of hydrogen-bond acceptors (Lipinski definition) is 7. The van der Waals surface area contributed by atoms with E-state index >= 15 is 0 Å². The Bertz CT molecular complexity index is 1290. The van der Waals surface area contributed by atoms with E-state index in [0.717, 1.165) is 5.56 Å². The Hall–Kier alpha value is -4.33. The first-order valence-corrected chi connectivity index (χ1v) is 10.6. The summed E-state index contributed by atoms with van der Waals surface area (Å²) in [5, 5.41) is 15.2. The van der Waals surface area contributed by atoms with Gasteiger partial charge in [0.1, 0.15) is 29.6 Å². The number of ether oxygens (including phenoxy) is 2. The highest BCUT2D eigenvalue weighted by Crippen LogP contribution is 2.42. The molecule has 174 valence electrons. The largest absolute Gasteiger partial charge is 0.507 e. The predicted molar refractivity (Wildman–Crippen MR) is 126 cm³/mol. The summed E-state index contributed by atoms with van der Waals surface area (Å²) in [7, 11) is 1.55. The van der Waals surface area contributed by atoms with E-state index in [0.29, 0.717) is 35.0 Å². The minimum atomic E-state index is -0.916. The molecule has 2 aromatic carbocycles. The molecule has 1 aromatic heterocycles. The molecule has 1 fully saturated rings. The summed E-state index contributed by atoms with van der Waals surface area (Å²) in [6.07, 6.45) is 1.63. The zero-order valence-electron chi connectivity index (χ0n) is 19.1. The molecule has 1 saturated heterocycles. The molecule has 0 aliphatic carbocycles. The molecule has 0 saturated carbocycles. The quantitative estimate of drug-likeness (QED) is 0.240. The molecule has 0 bridgehead atoms. The van der Waals surface area contributed by atoms with Crippen LogP contribution in [0.15, 0.2) is 71.3 Å². The molecule has 1 atom stereocenters. The molecular weight excluding hydrogens is 436 g/mol. The van der Waals surface area contributed by atoms with Gasteiger partial charge in [-0.25, -0.2) is 0 Å². The smallest absolute Gasteiger partial charge is 0.301 e. The number of aryl methyl sites for hydroxylation is 2. The van der Waals surface area contributed by atoms with Crippen molar-refractivity contribution >= 4 is 23.3 Å². The van der Waals surface area contributed by atoms with Crippen LogP contribution in [0.5, 0.6) is 11.5 Å². The number of benzene rings is 2. The number of aliphatic hydroxyl groups is 1. The second kappa shape index (κ2) is 9.27. The van der Waals surface area contributed by atoms with Gasteiger partial charge in [0.05, 0.1) is 18.7 Å². The molecule has 8 heteroatoms. The lowest BCUT2D eigenvalue weighted by atomic mass is 9.94. The number of anilines is 1. The van der Waals surface area contributed by atoms with E-state index in [1.807, 2.05) is 6.92 Å². The summed E-state index contributed by atoms with van der Waals surface area (Å²) in [5.74, 6) is -0.00831. The summed E-state index contributed by atoms with van der Waals surface area (Å²) in [6.45, 7) is 7.48. The fraction of sp³-hybridized carbons (Fsp3) is 0.192. The van der Waals surface area contributed by atoms with Crippen LogP contribution < -0.4 is 14.4 Å². The average molecular weight is 460 g/mol. The predicted octanol–water partition coefficient (Wildman–Crippen LogP) is 4.49. The Balaban J connectivity index is 1.87. The molecule has 8 nitrogen and oxygen atoms in total. The SMILES string of the molecule is C=CCOc1ccc(C2C(=C(O)c3ccc(OC)c(C)c3)C(=O)C(=O)N2c2cc(C)on2)cc1. The lowest BCUT2D eigenvalue weighted by Gasteiger charge is -2.23. The Kier molecular flexibility index (Phi) is 6.23. The van der Waals surface area contributed by atoms with Crippen molar-refractivity contribution in [1.82, 2.24) is 5.16 Å². The van der Waals surface area contributed by atoms with E-state index in [1.54, 1.807) is 68.6 Å². The molecule has 2 heterocycles. The minimum Gasteiger partial charge on any atom is -0.507 e. The Morgan fingerprint density at radius 1 is 1.18 bits per heavy atom. The number of hydrogen-bond donors (Lipinski definition) is 1. The van der Waals surface area contributed by atoms with Crippen molar-refractivity contribution in [2.75, 3.05) is 18.6 Å². The van der Waals surface area contributed by atoms with Gasteiger partial charge >= 0.3 is 5.91 Å². The fourth-order valence-corrected chi connectivity index (χ4v) is 3.93. The van der Waals surface area contributed by atoms with Crippen LogP contribution in [0.3, 0.4) is 0 Å². The van der Waals surface area contributed by atoms with Gasteiger partial charge in [0.15, 0.2) is 5.82 Å². The molecule has 34 heavy (non-hydrogen) atoms. The van der Waals surface area contributed by atoms with Gasteiger partial charge in [-0.1, -0.05) is 29.9 Å². The highest BCUT2D eigenvalue weighted by Gasteiger charge is 2.48. The van der Waals surface area contributed by atoms with Crippen molar-refractivity contribution in [3.63, 3.8) is 0 Å². The summed E-state index contributed by atoms with van der Waals surface area (Å²) in [5.41, 5.74) is 1.71. The molecule has 1 amide bonds. The lowest BCUT2D eigenvalue weighted by molar-refractivity contribution is -0.132. The number of Topliss-reactive ketones (excluding diaryl/α,β-unsaturated/α-hetero) is 1. The highest BCUT2D eigenvalue weighted by atomic mass is 16.5. The van der Waals surface area contributed by atoms with Gasteiger partial charge in [-0.05, 0) is 55.3 Å². The third kappa shape index (κ3) is 4.05. The first-order chi connectivity index (χ1) is 16.3. The third-order valence-electron chi connectivity index (χ3n) is 5.54. The van der Waals surface area contributed by atoms with Gasteiger partial charge in [0.25, 0.3) is 5.78 Å². The van der Waals surface area contributed by atoms with Crippen LogP contribution >= 0.6 is 0 Å². The number of methoxy groups -OCH3 is 1. The number of amides is 1. The first-order valence-electron chi connectivity index (χ1n) is 10.6. The third-order valence-corrected chi connectivity index (χ3v) is 5.54. The van der Waals surface area contributed by atoms with Crippen LogP contribution in [0.2, 0.25) is 0 Å². The average Bonchev–Trinajstić information content (AvgIpc) is 3.38. The summed E-state index contributed by atoms with van der Waals surface area (Å²) >= 11 is 0. The van der Waals surface area contributed by atoms with E-state index < -0.39 is 17.7 Å². The molecule has 1 aliphatic heterocycles. The van der Waals surface area contributed by atoms with Crippen LogP contribution in [0.4, 0.5) is 5.82 Å². The number of aliphatic hydroxyl groups excluding tert-OH is 1. The Labute approximate surface area is 196 Å². The fourth-order valence-electron chi connectivity index (χ4n) is 3.93. The Morgan fingerprint density at radius 3 is 2.50 bits per heavy atom. The molecule has 1 aliphatic rings. The zero-order chi connectivity index (χ0) is 24.4. The molecule has 3 aromatic rings. The second-order valence-electron chi connectivity index (χ2n) is 7.82. The van der Waals surface area contributed by atoms with Crippen LogP contribution in [0.25, 0.3) is 5.76 Å². The number of ketones is 1. The second-order valence-corrected chi connectivity index (χ2v) is 7.82. The van der Waals surface area contributed by atoms with Crippen molar-refractivity contribution in [2.45, 2.75) is 19.9 Å². The molecule has 4 rings (SSSR count). The molecule has 1 unspecified atom stereocenters. The minimum absolute atomic E-state index is 0.0463. The van der Waals surface area contributed by atoms with E-state index in [9.17, 15) is 14.7 Å². The van der Waals surface area contributed by atoms with Gasteiger partial charge in [0.2, 0.25) is 0 Å². The van der Waals surface area contributed by atoms with Crippen molar-refractivity contribution in [1.29, 1.82) is 0 Å². The maximum atomic E-state index is 13.2. The van der Waals surface area contributed by atoms with Crippen LogP contribution in [0, 0.1) is 13.8 Å². The highest BCUT2D eigenvalue weighted by molar-refractivity contribution is 6.51. The maximum absolute atomic E-state index is 13.2. The van der Waals surface area contributed by atoms with E-state index in [2.05, 4.69) is 11.7 Å². The number of aromatic nitrogens is 1. The van der Waals surface area contributed by atoms with Crippen molar-refractivity contribution < 1.29 is 28.7 Å². The summed E-state index contributed by atoms with van der Waals surface area (Å²) < 4.78 is 16.0. The topological polar surface area (TPSA) is 102 Å². The van der Waals surface area contributed by atoms with Gasteiger partial charge in [-0.15, -0.1) is 0 Å². The lowest BCUT2D eigenvalue weighted by Crippen LogP contribution is -2.29. The standard InChI is InChI=1S/C26H24N2O6/c1-5-12-33-19-9-6-17(7-10-19)23-22(24(29)18-8-11-20(32-4)15(2)13-18)25(30)26(31)28(23)21-14-16(3)34-27-21/h5-11,13-14,23,29H,1,12H2,2-4H3. The van der Waals surface area contributed by atoms with Gasteiger partial charge in [-0.3, -0.25) is 14.5 Å². The molecule has 0 spiro atoms. The van der Waals surface area contributed by atoms with Crippen molar-refractivity contribution in [2.24, 2.45) is 0 Å². The van der Waals surface area contributed by atoms with E-state index in [1.165, 1.54) is 4.90 Å². The van der Waals surface area contributed by atoms with Gasteiger partial charge < -0.3 is 19.1 Å². The Morgan fingerprint density at radius 2 is 1.91 bits per heavy atom. The van der Waals surface area contributed by atoms with Gasteiger partial charge in [-0.2, -0.15) is 0 Å². The monoisotopic (exact) mass is 460 g/mol. The maximum Gasteiger partial charge on any atom is 0.301 e. The number of nitrogens with zero attached hydrogens (tertiary/aromatic N) is 2. The van der Waals surface area contributed by atoms with Crippen molar-refractivity contribution in [3.8, 4) is 11.5 Å². The first kappa shape index (κ1) is 22.8.